The predicted octanol–water partition coefficient (Wildman–Crippen LogP) is 4.68. The lowest BCUT2D eigenvalue weighted by atomic mass is 10.1. The first-order valence-corrected chi connectivity index (χ1v) is 10.7. The lowest BCUT2D eigenvalue weighted by Gasteiger charge is -2.24. The van der Waals surface area contributed by atoms with Crippen molar-refractivity contribution in [2.45, 2.75) is 17.9 Å². The maximum atomic E-state index is 13.5. The maximum absolute atomic E-state index is 13.5. The Hall–Kier alpha value is -3.05. The van der Waals surface area contributed by atoms with Crippen molar-refractivity contribution in [2.75, 3.05) is 17.2 Å². The number of fused-ring (bicyclic) bond motifs is 3. The van der Waals surface area contributed by atoms with Crippen LogP contribution in [0.5, 0.6) is 0 Å². The standard InChI is InChI=1S/C24H20N2O2S/c27-23(25-14-7-15-29-22-13-6-5-12-21(22)25)16-26-19-10-3-1-8-17(19)24(28)18-9-2-4-11-20(18)26/h1-6,8-13H,7,14-16H2. The van der Waals surface area contributed by atoms with Crippen molar-refractivity contribution >= 4 is 45.2 Å². The maximum Gasteiger partial charge on any atom is 0.246 e. The molecule has 1 amide bonds. The fourth-order valence-electron chi connectivity index (χ4n) is 4.05. The molecule has 0 spiro atoms. The van der Waals surface area contributed by atoms with Crippen LogP contribution in [-0.4, -0.2) is 22.8 Å². The molecule has 1 aliphatic heterocycles. The molecular formula is C24H20N2O2S. The monoisotopic (exact) mass is 400 g/mol. The zero-order valence-electron chi connectivity index (χ0n) is 15.9. The number of anilines is 1. The van der Waals surface area contributed by atoms with Crippen LogP contribution in [0.3, 0.4) is 0 Å². The second-order valence-corrected chi connectivity index (χ2v) is 8.30. The van der Waals surface area contributed by atoms with E-state index in [0.717, 1.165) is 33.8 Å². The van der Waals surface area contributed by atoms with E-state index in [2.05, 4.69) is 6.07 Å². The molecule has 0 fully saturated rings. The van der Waals surface area contributed by atoms with E-state index in [-0.39, 0.29) is 17.9 Å². The van der Waals surface area contributed by atoms with Gasteiger partial charge in [0.1, 0.15) is 6.54 Å². The molecule has 0 N–H and O–H groups in total. The molecule has 0 atom stereocenters. The number of para-hydroxylation sites is 3. The first-order valence-electron chi connectivity index (χ1n) is 9.76. The summed E-state index contributed by atoms with van der Waals surface area (Å²) in [7, 11) is 0. The van der Waals surface area contributed by atoms with E-state index < -0.39 is 0 Å². The van der Waals surface area contributed by atoms with Gasteiger partial charge in [0.15, 0.2) is 5.43 Å². The summed E-state index contributed by atoms with van der Waals surface area (Å²) in [6.07, 6.45) is 0.955. The van der Waals surface area contributed by atoms with Crippen LogP contribution < -0.4 is 10.3 Å². The van der Waals surface area contributed by atoms with Crippen LogP contribution in [0.1, 0.15) is 6.42 Å². The largest absolute Gasteiger partial charge is 0.331 e. The van der Waals surface area contributed by atoms with Crippen LogP contribution >= 0.6 is 11.8 Å². The molecule has 1 aliphatic rings. The van der Waals surface area contributed by atoms with Crippen molar-refractivity contribution in [3.8, 4) is 0 Å². The molecule has 5 rings (SSSR count). The van der Waals surface area contributed by atoms with Gasteiger partial charge in [-0.15, -0.1) is 11.8 Å². The smallest absolute Gasteiger partial charge is 0.246 e. The van der Waals surface area contributed by atoms with E-state index in [9.17, 15) is 9.59 Å². The molecule has 0 saturated carbocycles. The fraction of sp³-hybridized carbons (Fsp3) is 0.167. The molecule has 0 bridgehead atoms. The second kappa shape index (κ2) is 7.41. The summed E-state index contributed by atoms with van der Waals surface area (Å²) >= 11 is 1.80. The zero-order chi connectivity index (χ0) is 19.8. The quantitative estimate of drug-likeness (QED) is 0.459. The van der Waals surface area contributed by atoms with E-state index in [1.807, 2.05) is 76.2 Å². The molecule has 0 aliphatic carbocycles. The van der Waals surface area contributed by atoms with Gasteiger partial charge in [-0.1, -0.05) is 36.4 Å². The molecule has 0 unspecified atom stereocenters. The SMILES string of the molecule is O=C(Cn1c2ccccc2c(=O)c2ccccc21)N1CCCSc2ccccc21. The molecule has 5 heteroatoms. The topological polar surface area (TPSA) is 42.3 Å². The van der Waals surface area contributed by atoms with E-state index in [4.69, 9.17) is 0 Å². The Bertz CT molecular complexity index is 1240. The number of hydrogen-bond acceptors (Lipinski definition) is 3. The molecule has 2 heterocycles. The highest BCUT2D eigenvalue weighted by atomic mass is 32.2. The van der Waals surface area contributed by atoms with Crippen LogP contribution in [0, 0.1) is 0 Å². The minimum atomic E-state index is 0.0106. The Balaban J connectivity index is 1.65. The van der Waals surface area contributed by atoms with Crippen molar-refractivity contribution in [2.24, 2.45) is 0 Å². The predicted molar refractivity (Wildman–Crippen MR) is 120 cm³/mol. The van der Waals surface area contributed by atoms with Gasteiger partial charge in [0.2, 0.25) is 5.91 Å². The average molecular weight is 401 g/mol. The Kier molecular flexibility index (Phi) is 4.60. The Morgan fingerprint density at radius 1 is 0.862 bits per heavy atom. The van der Waals surface area contributed by atoms with Crippen LogP contribution in [0.4, 0.5) is 5.69 Å². The van der Waals surface area contributed by atoms with E-state index in [0.29, 0.717) is 17.3 Å². The van der Waals surface area contributed by atoms with Crippen LogP contribution in [-0.2, 0) is 11.3 Å². The summed E-state index contributed by atoms with van der Waals surface area (Å²) in [5.41, 5.74) is 2.58. The number of thioether (sulfide) groups is 1. The summed E-state index contributed by atoms with van der Waals surface area (Å²) in [5.74, 6) is 1.05. The summed E-state index contributed by atoms with van der Waals surface area (Å²) < 4.78 is 1.98. The van der Waals surface area contributed by atoms with Crippen molar-refractivity contribution in [3.63, 3.8) is 0 Å². The van der Waals surface area contributed by atoms with Gasteiger partial charge in [0, 0.05) is 22.2 Å². The lowest BCUT2D eigenvalue weighted by Crippen LogP contribution is -2.35. The summed E-state index contributed by atoms with van der Waals surface area (Å²) in [4.78, 5) is 29.4. The molecule has 4 nitrogen and oxygen atoms in total. The third-order valence-corrected chi connectivity index (χ3v) is 6.56. The number of rotatable bonds is 2. The van der Waals surface area contributed by atoms with Gasteiger partial charge in [-0.25, -0.2) is 0 Å². The van der Waals surface area contributed by atoms with Gasteiger partial charge in [-0.3, -0.25) is 9.59 Å². The third-order valence-electron chi connectivity index (χ3n) is 5.41. The molecule has 29 heavy (non-hydrogen) atoms. The molecule has 3 aromatic carbocycles. The highest BCUT2D eigenvalue weighted by molar-refractivity contribution is 7.99. The highest BCUT2D eigenvalue weighted by Gasteiger charge is 2.22. The molecule has 0 radical (unpaired) electrons. The molecule has 0 saturated heterocycles. The normalized spacial score (nSPS) is 14.0. The van der Waals surface area contributed by atoms with Crippen molar-refractivity contribution in [1.29, 1.82) is 0 Å². The number of hydrogen-bond donors (Lipinski definition) is 0. The number of carbonyl (C=O) groups excluding carboxylic acids is 1. The van der Waals surface area contributed by atoms with Crippen LogP contribution in [0.15, 0.2) is 82.5 Å². The molecule has 144 valence electrons. The van der Waals surface area contributed by atoms with E-state index in [1.165, 1.54) is 0 Å². The van der Waals surface area contributed by atoms with Gasteiger partial charge >= 0.3 is 0 Å². The minimum absolute atomic E-state index is 0.0106. The Morgan fingerprint density at radius 2 is 1.48 bits per heavy atom. The minimum Gasteiger partial charge on any atom is -0.331 e. The van der Waals surface area contributed by atoms with Gasteiger partial charge < -0.3 is 9.47 Å². The number of aromatic nitrogens is 1. The molecule has 1 aromatic heterocycles. The number of pyridine rings is 1. The third kappa shape index (κ3) is 3.12. The Labute approximate surface area is 172 Å². The first-order chi connectivity index (χ1) is 14.2. The number of nitrogens with zero attached hydrogens (tertiary/aromatic N) is 2. The molecule has 4 aromatic rings. The van der Waals surface area contributed by atoms with Crippen LogP contribution in [0.25, 0.3) is 21.8 Å². The Morgan fingerprint density at radius 3 is 2.21 bits per heavy atom. The van der Waals surface area contributed by atoms with Gasteiger partial charge in [-0.2, -0.15) is 0 Å². The average Bonchev–Trinajstić information content (AvgIpc) is 2.99. The highest BCUT2D eigenvalue weighted by Crippen LogP contribution is 2.34. The van der Waals surface area contributed by atoms with Crippen LogP contribution in [0.2, 0.25) is 0 Å². The van der Waals surface area contributed by atoms with Gasteiger partial charge in [-0.05, 0) is 48.6 Å². The lowest BCUT2D eigenvalue weighted by molar-refractivity contribution is -0.119. The van der Waals surface area contributed by atoms with E-state index in [1.54, 1.807) is 11.8 Å². The van der Waals surface area contributed by atoms with Crippen molar-refractivity contribution in [3.05, 3.63) is 83.0 Å². The number of amides is 1. The van der Waals surface area contributed by atoms with Gasteiger partial charge in [0.25, 0.3) is 0 Å². The second-order valence-electron chi connectivity index (χ2n) is 7.16. The summed E-state index contributed by atoms with van der Waals surface area (Å²) in [5, 5.41) is 1.29. The molecular weight excluding hydrogens is 380 g/mol. The number of benzene rings is 3. The summed E-state index contributed by atoms with van der Waals surface area (Å²) in [6, 6.07) is 23.2. The van der Waals surface area contributed by atoms with E-state index >= 15 is 0 Å². The van der Waals surface area contributed by atoms with Crippen molar-refractivity contribution < 1.29 is 4.79 Å². The first kappa shape index (κ1) is 18.0. The summed E-state index contributed by atoms with van der Waals surface area (Å²) in [6.45, 7) is 0.902. The van der Waals surface area contributed by atoms with Crippen molar-refractivity contribution in [1.82, 2.24) is 4.57 Å². The number of carbonyl (C=O) groups is 1. The fourth-order valence-corrected chi connectivity index (χ4v) is 5.05. The van der Waals surface area contributed by atoms with Gasteiger partial charge in [0.05, 0.1) is 16.7 Å². The zero-order valence-corrected chi connectivity index (χ0v) is 16.7.